The van der Waals surface area contributed by atoms with Crippen molar-refractivity contribution in [1.29, 1.82) is 0 Å². The Bertz CT molecular complexity index is 1620. The summed E-state index contributed by atoms with van der Waals surface area (Å²) >= 11 is 0. The third kappa shape index (κ3) is 3.30. The molecule has 33 heavy (non-hydrogen) atoms. The molecule has 0 bridgehead atoms. The number of H-pyrrole nitrogens is 2. The van der Waals surface area contributed by atoms with Crippen molar-refractivity contribution < 1.29 is 0 Å². The number of para-hydroxylation sites is 2. The predicted molar refractivity (Wildman–Crippen MR) is 140 cm³/mol. The van der Waals surface area contributed by atoms with Gasteiger partial charge in [-0.3, -0.25) is 9.59 Å². The zero-order chi connectivity index (χ0) is 23.1. The first-order valence-corrected chi connectivity index (χ1v) is 11.9. The van der Waals surface area contributed by atoms with Crippen molar-refractivity contribution in [3.05, 3.63) is 74.5 Å². The van der Waals surface area contributed by atoms with E-state index < -0.39 is 0 Å². The van der Waals surface area contributed by atoms with Crippen LogP contribution in [-0.4, -0.2) is 23.1 Å². The van der Waals surface area contributed by atoms with Gasteiger partial charge in [0.05, 0.1) is 27.6 Å². The Labute approximate surface area is 192 Å². The molecule has 0 atom stereocenters. The molecule has 5 heteroatoms. The number of aryl methyl sites for hydroxylation is 1. The van der Waals surface area contributed by atoms with Crippen molar-refractivity contribution in [2.45, 2.75) is 40.0 Å². The molecule has 2 N–H and O–H groups in total. The number of hydrogen-bond acceptors (Lipinski definition) is 3. The lowest BCUT2D eigenvalue weighted by Gasteiger charge is -2.25. The van der Waals surface area contributed by atoms with Crippen LogP contribution in [0.25, 0.3) is 43.6 Å². The summed E-state index contributed by atoms with van der Waals surface area (Å²) in [6.45, 7) is 8.23. The van der Waals surface area contributed by atoms with Gasteiger partial charge in [-0.05, 0) is 55.2 Å². The van der Waals surface area contributed by atoms with Gasteiger partial charge in [-0.2, -0.15) is 0 Å². The molecule has 5 aromatic rings. The van der Waals surface area contributed by atoms with Crippen molar-refractivity contribution in [2.75, 3.05) is 18.0 Å². The van der Waals surface area contributed by atoms with Gasteiger partial charge in [-0.25, -0.2) is 0 Å². The Kier molecular flexibility index (Phi) is 5.41. The average Bonchev–Trinajstić information content (AvgIpc) is 2.83. The summed E-state index contributed by atoms with van der Waals surface area (Å²) in [5.41, 5.74) is 5.05. The average molecular weight is 440 g/mol. The molecule has 0 aliphatic carbocycles. The van der Waals surface area contributed by atoms with E-state index in [0.717, 1.165) is 59.2 Å². The Hall–Kier alpha value is -3.60. The van der Waals surface area contributed by atoms with Crippen LogP contribution in [0.4, 0.5) is 5.69 Å². The fourth-order valence-electron chi connectivity index (χ4n) is 5.13. The second kappa shape index (κ2) is 8.39. The summed E-state index contributed by atoms with van der Waals surface area (Å²) in [6, 6.07) is 15.4. The normalized spacial score (nSPS) is 11.7. The highest BCUT2D eigenvalue weighted by Crippen LogP contribution is 2.30. The highest BCUT2D eigenvalue weighted by Gasteiger charge is 2.18. The predicted octanol–water partition coefficient (Wildman–Crippen LogP) is 5.86. The first-order chi connectivity index (χ1) is 16.1. The number of benzene rings is 3. The summed E-state index contributed by atoms with van der Waals surface area (Å²) in [4.78, 5) is 36.5. The molecule has 3 aromatic carbocycles. The first-order valence-electron chi connectivity index (χ1n) is 11.9. The SMILES string of the molecule is CCCN(CCC)c1cccc2c(=O)c3c(CC)c4[nH]c5ccccc5c(=O)c4cc3[nH]c12. The number of pyridine rings is 2. The number of anilines is 1. The lowest BCUT2D eigenvalue weighted by molar-refractivity contribution is 0.747. The standard InChI is InChI=1S/C28H29N3O2/c1-4-14-31(15-5-2)23-13-9-11-19-26(23)30-22-16-20-25(17(6-3)24(22)28(19)33)29-21-12-8-7-10-18(21)27(20)32/h7-13,16H,4-6,14-15H2,1-3H3,(H,29,32)(H,30,33). The van der Waals surface area contributed by atoms with E-state index in [4.69, 9.17) is 0 Å². The van der Waals surface area contributed by atoms with Gasteiger partial charge < -0.3 is 14.9 Å². The van der Waals surface area contributed by atoms with Crippen LogP contribution < -0.4 is 15.8 Å². The fourth-order valence-corrected chi connectivity index (χ4v) is 5.13. The van der Waals surface area contributed by atoms with E-state index in [1.54, 1.807) is 0 Å². The quantitative estimate of drug-likeness (QED) is 0.325. The van der Waals surface area contributed by atoms with E-state index >= 15 is 0 Å². The molecule has 5 rings (SSSR count). The monoisotopic (exact) mass is 439 g/mol. The molecule has 0 fully saturated rings. The maximum Gasteiger partial charge on any atom is 0.197 e. The van der Waals surface area contributed by atoms with Crippen molar-refractivity contribution in [3.8, 4) is 0 Å². The molecule has 0 aliphatic heterocycles. The van der Waals surface area contributed by atoms with Gasteiger partial charge in [0, 0.05) is 34.8 Å². The number of hydrogen-bond donors (Lipinski definition) is 2. The van der Waals surface area contributed by atoms with E-state index in [9.17, 15) is 9.59 Å². The third-order valence-corrected chi connectivity index (χ3v) is 6.56. The van der Waals surface area contributed by atoms with Gasteiger partial charge in [-0.1, -0.05) is 39.0 Å². The Morgan fingerprint density at radius 1 is 0.727 bits per heavy atom. The van der Waals surface area contributed by atoms with E-state index in [1.807, 2.05) is 49.4 Å². The van der Waals surface area contributed by atoms with Gasteiger partial charge in [0.2, 0.25) is 0 Å². The van der Waals surface area contributed by atoms with Gasteiger partial charge in [-0.15, -0.1) is 0 Å². The van der Waals surface area contributed by atoms with Gasteiger partial charge in [0.15, 0.2) is 10.9 Å². The molecule has 5 nitrogen and oxygen atoms in total. The van der Waals surface area contributed by atoms with Gasteiger partial charge in [0.25, 0.3) is 0 Å². The van der Waals surface area contributed by atoms with Gasteiger partial charge >= 0.3 is 0 Å². The van der Waals surface area contributed by atoms with E-state index in [0.29, 0.717) is 28.0 Å². The maximum absolute atomic E-state index is 13.8. The lowest BCUT2D eigenvalue weighted by Crippen LogP contribution is -2.25. The highest BCUT2D eigenvalue weighted by molar-refractivity contribution is 6.07. The van der Waals surface area contributed by atoms with Crippen LogP contribution in [-0.2, 0) is 6.42 Å². The summed E-state index contributed by atoms with van der Waals surface area (Å²) in [7, 11) is 0. The number of fused-ring (bicyclic) bond motifs is 4. The summed E-state index contributed by atoms with van der Waals surface area (Å²) in [6.07, 6.45) is 2.71. The summed E-state index contributed by atoms with van der Waals surface area (Å²) in [5.74, 6) is 0. The molecule has 0 spiro atoms. The van der Waals surface area contributed by atoms with E-state index in [-0.39, 0.29) is 10.9 Å². The Morgan fingerprint density at radius 2 is 1.42 bits per heavy atom. The van der Waals surface area contributed by atoms with E-state index in [1.165, 1.54) is 0 Å². The zero-order valence-corrected chi connectivity index (χ0v) is 19.4. The van der Waals surface area contributed by atoms with Gasteiger partial charge in [0.1, 0.15) is 0 Å². The molecule has 2 aromatic heterocycles. The molecule has 0 aliphatic rings. The fraction of sp³-hybridized carbons (Fsp3) is 0.286. The summed E-state index contributed by atoms with van der Waals surface area (Å²) < 4.78 is 0. The molecule has 2 heterocycles. The largest absolute Gasteiger partial charge is 0.370 e. The Balaban J connectivity index is 1.93. The van der Waals surface area contributed by atoms with Crippen LogP contribution in [0.3, 0.4) is 0 Å². The van der Waals surface area contributed by atoms with Crippen LogP contribution in [0.15, 0.2) is 58.1 Å². The van der Waals surface area contributed by atoms with Crippen molar-refractivity contribution in [1.82, 2.24) is 9.97 Å². The first kappa shape index (κ1) is 21.3. The second-order valence-corrected chi connectivity index (χ2v) is 8.69. The highest BCUT2D eigenvalue weighted by atomic mass is 16.1. The molecule has 0 amide bonds. The molecule has 0 unspecified atom stereocenters. The number of rotatable bonds is 6. The molecule has 0 saturated carbocycles. The van der Waals surface area contributed by atoms with Crippen LogP contribution in [0.2, 0.25) is 0 Å². The van der Waals surface area contributed by atoms with Crippen LogP contribution in [0.1, 0.15) is 39.2 Å². The van der Waals surface area contributed by atoms with E-state index in [2.05, 4.69) is 34.8 Å². The molecular weight excluding hydrogens is 410 g/mol. The summed E-state index contributed by atoms with van der Waals surface area (Å²) in [5, 5.41) is 2.63. The minimum Gasteiger partial charge on any atom is -0.370 e. The second-order valence-electron chi connectivity index (χ2n) is 8.69. The lowest BCUT2D eigenvalue weighted by atomic mass is 9.97. The minimum absolute atomic E-state index is 0.0104. The third-order valence-electron chi connectivity index (χ3n) is 6.56. The number of nitrogens with one attached hydrogen (secondary N) is 2. The maximum atomic E-state index is 13.8. The van der Waals surface area contributed by atoms with Crippen LogP contribution >= 0.6 is 0 Å². The molecule has 0 radical (unpaired) electrons. The minimum atomic E-state index is -0.0104. The number of aromatic nitrogens is 2. The Morgan fingerprint density at radius 3 is 2.15 bits per heavy atom. The number of nitrogens with zero attached hydrogens (tertiary/aromatic N) is 1. The molecule has 168 valence electrons. The molecular formula is C28H29N3O2. The smallest absolute Gasteiger partial charge is 0.197 e. The van der Waals surface area contributed by atoms with Crippen molar-refractivity contribution in [3.63, 3.8) is 0 Å². The van der Waals surface area contributed by atoms with Crippen molar-refractivity contribution >= 4 is 49.3 Å². The van der Waals surface area contributed by atoms with Crippen LogP contribution in [0.5, 0.6) is 0 Å². The zero-order valence-electron chi connectivity index (χ0n) is 19.4. The topological polar surface area (TPSA) is 69.0 Å². The number of aromatic amines is 2. The van der Waals surface area contributed by atoms with Crippen LogP contribution in [0, 0.1) is 0 Å². The molecule has 0 saturated heterocycles. The van der Waals surface area contributed by atoms with Crippen molar-refractivity contribution in [2.24, 2.45) is 0 Å².